The average molecular weight is 410 g/mol. The molecule has 2 aliphatic rings. The molecule has 0 N–H and O–H groups in total. The summed E-state index contributed by atoms with van der Waals surface area (Å²) in [5.74, 6) is 0.911. The molecule has 0 spiro atoms. The quantitative estimate of drug-likeness (QED) is 0.771. The highest BCUT2D eigenvalue weighted by atomic mass is 19.1. The number of rotatable bonds is 4. The van der Waals surface area contributed by atoms with Gasteiger partial charge in [0.05, 0.1) is 19.0 Å². The normalized spacial score (nSPS) is 18.8. The van der Waals surface area contributed by atoms with E-state index in [0.29, 0.717) is 24.7 Å². The Morgan fingerprint density at radius 2 is 1.93 bits per heavy atom. The molecule has 4 rings (SSSR count). The summed E-state index contributed by atoms with van der Waals surface area (Å²) < 4.78 is 13.3. The first-order valence-corrected chi connectivity index (χ1v) is 10.6. The van der Waals surface area contributed by atoms with E-state index in [1.54, 1.807) is 17.0 Å². The minimum atomic E-state index is -0.306. The third kappa shape index (κ3) is 3.80. The van der Waals surface area contributed by atoms with Crippen molar-refractivity contribution in [3.63, 3.8) is 0 Å². The van der Waals surface area contributed by atoms with Crippen LogP contribution >= 0.6 is 0 Å². The van der Waals surface area contributed by atoms with Crippen molar-refractivity contribution >= 4 is 17.6 Å². The van der Waals surface area contributed by atoms with Gasteiger partial charge in [0.15, 0.2) is 5.82 Å². The number of hydrogen-bond donors (Lipinski definition) is 0. The Kier molecular flexibility index (Phi) is 5.54. The Balaban J connectivity index is 1.68. The zero-order valence-corrected chi connectivity index (χ0v) is 17.7. The van der Waals surface area contributed by atoms with E-state index in [-0.39, 0.29) is 36.0 Å². The second-order valence-electron chi connectivity index (χ2n) is 8.45. The Hall–Kier alpha value is -2.83. The highest BCUT2D eigenvalue weighted by Gasteiger charge is 2.35. The second kappa shape index (κ2) is 8.13. The molecule has 1 aromatic carbocycles. The molecule has 1 unspecified atom stereocenters. The van der Waals surface area contributed by atoms with E-state index >= 15 is 0 Å². The SMILES string of the molecule is Cc1nc(C2CCCCN2C(=O)C(C)C)nc2c1CC(=O)N2Cc1ccc(F)cc1. The molecule has 1 saturated heterocycles. The number of fused-ring (bicyclic) bond motifs is 1. The first-order valence-electron chi connectivity index (χ1n) is 10.6. The monoisotopic (exact) mass is 410 g/mol. The third-order valence-corrected chi connectivity index (χ3v) is 5.93. The molecule has 30 heavy (non-hydrogen) atoms. The lowest BCUT2D eigenvalue weighted by Crippen LogP contribution is -2.41. The summed E-state index contributed by atoms with van der Waals surface area (Å²) in [5, 5.41) is 0. The number of hydrogen-bond acceptors (Lipinski definition) is 4. The van der Waals surface area contributed by atoms with Crippen LogP contribution in [0.15, 0.2) is 24.3 Å². The van der Waals surface area contributed by atoms with Crippen LogP contribution in [0.4, 0.5) is 10.2 Å². The number of carbonyl (C=O) groups is 2. The summed E-state index contributed by atoms with van der Waals surface area (Å²) in [6.45, 7) is 6.76. The molecule has 6 nitrogen and oxygen atoms in total. The summed E-state index contributed by atoms with van der Waals surface area (Å²) in [5.41, 5.74) is 2.46. The van der Waals surface area contributed by atoms with Gasteiger partial charge in [-0.1, -0.05) is 26.0 Å². The van der Waals surface area contributed by atoms with Crippen molar-refractivity contribution in [2.45, 2.75) is 59.0 Å². The van der Waals surface area contributed by atoms with Crippen LogP contribution < -0.4 is 4.90 Å². The largest absolute Gasteiger partial charge is 0.332 e. The maximum absolute atomic E-state index is 13.3. The molecule has 1 aromatic heterocycles. The molecule has 0 radical (unpaired) electrons. The van der Waals surface area contributed by atoms with Crippen LogP contribution in [-0.4, -0.2) is 33.2 Å². The highest BCUT2D eigenvalue weighted by molar-refractivity contribution is 6.00. The van der Waals surface area contributed by atoms with Crippen LogP contribution in [-0.2, 0) is 22.6 Å². The highest BCUT2D eigenvalue weighted by Crippen LogP contribution is 2.35. The van der Waals surface area contributed by atoms with Crippen molar-refractivity contribution in [1.29, 1.82) is 0 Å². The maximum Gasteiger partial charge on any atom is 0.233 e. The molecule has 2 aliphatic heterocycles. The summed E-state index contributed by atoms with van der Waals surface area (Å²) >= 11 is 0. The van der Waals surface area contributed by atoms with Gasteiger partial charge < -0.3 is 4.90 Å². The lowest BCUT2D eigenvalue weighted by atomic mass is 9.99. The first-order chi connectivity index (χ1) is 14.3. The van der Waals surface area contributed by atoms with Gasteiger partial charge in [0, 0.05) is 23.7 Å². The fourth-order valence-electron chi connectivity index (χ4n) is 4.28. The van der Waals surface area contributed by atoms with Crippen LogP contribution in [0.5, 0.6) is 0 Å². The van der Waals surface area contributed by atoms with Crippen molar-refractivity contribution in [2.75, 3.05) is 11.4 Å². The molecule has 1 fully saturated rings. The van der Waals surface area contributed by atoms with Gasteiger partial charge in [-0.15, -0.1) is 0 Å². The van der Waals surface area contributed by atoms with E-state index in [2.05, 4.69) is 0 Å². The average Bonchev–Trinajstić information content (AvgIpc) is 3.05. The van der Waals surface area contributed by atoms with Gasteiger partial charge in [0.1, 0.15) is 11.6 Å². The van der Waals surface area contributed by atoms with E-state index in [1.165, 1.54) is 12.1 Å². The van der Waals surface area contributed by atoms with Crippen molar-refractivity contribution in [1.82, 2.24) is 14.9 Å². The summed E-state index contributed by atoms with van der Waals surface area (Å²) in [7, 11) is 0. The molecule has 0 saturated carbocycles. The number of benzene rings is 1. The molecule has 3 heterocycles. The van der Waals surface area contributed by atoms with Crippen LogP contribution in [0.1, 0.15) is 61.8 Å². The predicted molar refractivity (Wildman–Crippen MR) is 111 cm³/mol. The zero-order valence-electron chi connectivity index (χ0n) is 17.7. The van der Waals surface area contributed by atoms with Crippen molar-refractivity contribution in [2.24, 2.45) is 5.92 Å². The Morgan fingerprint density at radius 3 is 2.63 bits per heavy atom. The number of anilines is 1. The van der Waals surface area contributed by atoms with E-state index in [4.69, 9.17) is 9.97 Å². The molecule has 7 heteroatoms. The van der Waals surface area contributed by atoms with E-state index < -0.39 is 0 Å². The molecule has 0 bridgehead atoms. The predicted octanol–water partition coefficient (Wildman–Crippen LogP) is 3.72. The standard InChI is InChI=1S/C23H27FN4O2/c1-14(2)23(30)27-11-5-4-6-19(27)21-25-15(3)18-12-20(29)28(22(18)26-21)13-16-7-9-17(24)10-8-16/h7-10,14,19H,4-6,11-13H2,1-3H3. The maximum atomic E-state index is 13.3. The smallest absolute Gasteiger partial charge is 0.233 e. The van der Waals surface area contributed by atoms with E-state index in [0.717, 1.165) is 36.1 Å². The fraction of sp³-hybridized carbons (Fsp3) is 0.478. The van der Waals surface area contributed by atoms with Crippen molar-refractivity contribution in [3.05, 3.63) is 52.7 Å². The van der Waals surface area contributed by atoms with Gasteiger partial charge in [-0.25, -0.2) is 14.4 Å². The number of halogens is 1. The minimum absolute atomic E-state index is 0.0392. The van der Waals surface area contributed by atoms with Gasteiger partial charge in [-0.05, 0) is 43.9 Å². The van der Waals surface area contributed by atoms with Gasteiger partial charge in [0.25, 0.3) is 0 Å². The lowest BCUT2D eigenvalue weighted by Gasteiger charge is -2.36. The van der Waals surface area contributed by atoms with Crippen LogP contribution in [0.3, 0.4) is 0 Å². The molecule has 1 atom stereocenters. The first kappa shape index (κ1) is 20.4. The zero-order chi connectivity index (χ0) is 21.4. The van der Waals surface area contributed by atoms with Crippen LogP contribution in [0.25, 0.3) is 0 Å². The molecular formula is C23H27FN4O2. The molecule has 158 valence electrons. The molecule has 2 aromatic rings. The molecular weight excluding hydrogens is 383 g/mol. The van der Waals surface area contributed by atoms with Crippen LogP contribution in [0.2, 0.25) is 0 Å². The van der Waals surface area contributed by atoms with Crippen molar-refractivity contribution in [3.8, 4) is 0 Å². The third-order valence-electron chi connectivity index (χ3n) is 5.93. The van der Waals surface area contributed by atoms with Gasteiger partial charge in [-0.3, -0.25) is 14.5 Å². The topological polar surface area (TPSA) is 66.4 Å². The fourth-order valence-corrected chi connectivity index (χ4v) is 4.28. The van der Waals surface area contributed by atoms with Gasteiger partial charge in [-0.2, -0.15) is 0 Å². The lowest BCUT2D eigenvalue weighted by molar-refractivity contribution is -0.138. The Labute approximate surface area is 176 Å². The minimum Gasteiger partial charge on any atom is -0.332 e. The number of aromatic nitrogens is 2. The number of nitrogens with zero attached hydrogens (tertiary/aromatic N) is 4. The number of carbonyl (C=O) groups excluding carboxylic acids is 2. The summed E-state index contributed by atoms with van der Waals surface area (Å²) in [6, 6.07) is 5.98. The van der Waals surface area contributed by atoms with E-state index in [1.807, 2.05) is 25.7 Å². The van der Waals surface area contributed by atoms with E-state index in [9.17, 15) is 14.0 Å². The second-order valence-corrected chi connectivity index (χ2v) is 8.45. The van der Waals surface area contributed by atoms with Gasteiger partial charge in [0.2, 0.25) is 11.8 Å². The van der Waals surface area contributed by atoms with Gasteiger partial charge >= 0.3 is 0 Å². The Bertz CT molecular complexity index is 974. The molecule has 2 amide bonds. The number of amides is 2. The Morgan fingerprint density at radius 1 is 1.20 bits per heavy atom. The summed E-state index contributed by atoms with van der Waals surface area (Å²) in [6.07, 6.45) is 3.09. The van der Waals surface area contributed by atoms with Crippen LogP contribution in [0, 0.1) is 18.7 Å². The van der Waals surface area contributed by atoms with Crippen molar-refractivity contribution < 1.29 is 14.0 Å². The molecule has 0 aliphatic carbocycles. The number of aryl methyl sites for hydroxylation is 1. The number of piperidine rings is 1. The number of likely N-dealkylation sites (tertiary alicyclic amines) is 1. The summed E-state index contributed by atoms with van der Waals surface area (Å²) in [4.78, 5) is 38.6.